The molecule has 0 fully saturated rings. The monoisotopic (exact) mass is 338 g/mol. The van der Waals surface area contributed by atoms with E-state index < -0.39 is 0 Å². The van der Waals surface area contributed by atoms with Crippen molar-refractivity contribution in [3.63, 3.8) is 0 Å². The summed E-state index contributed by atoms with van der Waals surface area (Å²) in [5.41, 5.74) is 3.88. The fourth-order valence-corrected chi connectivity index (χ4v) is 4.77. The molecule has 0 N–H and O–H groups in total. The van der Waals surface area contributed by atoms with E-state index in [2.05, 4.69) is 60.4 Å². The van der Waals surface area contributed by atoms with E-state index in [4.69, 9.17) is 0 Å². The van der Waals surface area contributed by atoms with Crippen molar-refractivity contribution in [3.8, 4) is 0 Å². The summed E-state index contributed by atoms with van der Waals surface area (Å²) in [6.45, 7) is 5.21. The van der Waals surface area contributed by atoms with E-state index in [1.54, 1.807) is 0 Å². The van der Waals surface area contributed by atoms with E-state index in [1.165, 1.54) is 21.7 Å². The Morgan fingerprint density at radius 2 is 1.88 bits per heavy atom. The normalized spacial score (nSPS) is 19.6. The molecule has 0 saturated heterocycles. The number of hydrogen-bond donors (Lipinski definition) is 0. The van der Waals surface area contributed by atoms with Gasteiger partial charge in [-0.1, -0.05) is 43.3 Å². The molecule has 3 nitrogen and oxygen atoms in total. The van der Waals surface area contributed by atoms with Crippen LogP contribution in [0, 0.1) is 0 Å². The Balaban J connectivity index is 1.49. The highest BCUT2D eigenvalue weighted by atomic mass is 32.2. The van der Waals surface area contributed by atoms with E-state index >= 15 is 0 Å². The van der Waals surface area contributed by atoms with Gasteiger partial charge < -0.3 is 9.80 Å². The second-order valence-corrected chi connectivity index (χ2v) is 8.09. The lowest BCUT2D eigenvalue weighted by Gasteiger charge is -2.36. The fourth-order valence-electron chi connectivity index (χ4n) is 3.60. The number of anilines is 1. The first kappa shape index (κ1) is 15.6. The highest BCUT2D eigenvalue weighted by Crippen LogP contribution is 2.38. The van der Waals surface area contributed by atoms with Crippen molar-refractivity contribution in [2.75, 3.05) is 24.5 Å². The molecule has 24 heavy (non-hydrogen) atoms. The molecule has 4 rings (SSSR count). The first-order valence-electron chi connectivity index (χ1n) is 8.56. The molecule has 2 aliphatic heterocycles. The molecule has 1 atom stereocenters. The maximum Gasteiger partial charge on any atom is 0.242 e. The van der Waals surface area contributed by atoms with Gasteiger partial charge in [-0.2, -0.15) is 0 Å². The second-order valence-electron chi connectivity index (χ2n) is 6.61. The van der Waals surface area contributed by atoms with Gasteiger partial charge in [0, 0.05) is 29.8 Å². The summed E-state index contributed by atoms with van der Waals surface area (Å²) in [5, 5.41) is 0.509. The van der Waals surface area contributed by atoms with Gasteiger partial charge in [0.1, 0.15) is 0 Å². The molecule has 124 valence electrons. The Labute approximate surface area is 147 Å². The highest BCUT2D eigenvalue weighted by molar-refractivity contribution is 8.00. The lowest BCUT2D eigenvalue weighted by Crippen LogP contribution is -2.45. The predicted octanol–water partition coefficient (Wildman–Crippen LogP) is 3.57. The Kier molecular flexibility index (Phi) is 4.23. The number of carbonyl (C=O) groups is 1. The summed E-state index contributed by atoms with van der Waals surface area (Å²) in [5.74, 6) is 0.235. The van der Waals surface area contributed by atoms with E-state index in [9.17, 15) is 4.79 Å². The molecule has 0 radical (unpaired) electrons. The quantitative estimate of drug-likeness (QED) is 0.836. The van der Waals surface area contributed by atoms with Crippen LogP contribution in [0.25, 0.3) is 0 Å². The van der Waals surface area contributed by atoms with Crippen molar-refractivity contribution in [2.45, 2.75) is 30.0 Å². The minimum absolute atomic E-state index is 0.235. The molecule has 0 bridgehead atoms. The summed E-state index contributed by atoms with van der Waals surface area (Å²) in [4.78, 5) is 18.4. The van der Waals surface area contributed by atoms with Crippen LogP contribution in [0.2, 0.25) is 0 Å². The van der Waals surface area contributed by atoms with Crippen molar-refractivity contribution >= 4 is 23.4 Å². The molecule has 0 spiro atoms. The molecular weight excluding hydrogens is 316 g/mol. The van der Waals surface area contributed by atoms with E-state index in [0.29, 0.717) is 11.8 Å². The van der Waals surface area contributed by atoms with Gasteiger partial charge in [0.25, 0.3) is 0 Å². The zero-order valence-corrected chi connectivity index (χ0v) is 14.8. The van der Waals surface area contributed by atoms with Gasteiger partial charge in [-0.25, -0.2) is 0 Å². The topological polar surface area (TPSA) is 23.6 Å². The Bertz CT molecular complexity index is 761. The second kappa shape index (κ2) is 6.52. The van der Waals surface area contributed by atoms with Crippen molar-refractivity contribution in [1.29, 1.82) is 0 Å². The average molecular weight is 338 g/mol. The summed E-state index contributed by atoms with van der Waals surface area (Å²) in [6, 6.07) is 16.9. The Morgan fingerprint density at radius 1 is 1.12 bits per heavy atom. The van der Waals surface area contributed by atoms with Crippen LogP contribution in [0.5, 0.6) is 0 Å². The predicted molar refractivity (Wildman–Crippen MR) is 99.5 cm³/mol. The standard InChI is InChI=1S/C20H22N2OS/c1-15-12-22(18-8-4-5-9-19(18)24-15)14-20(23)21-11-10-16-6-2-3-7-17(16)13-21/h2-9,15H,10-14H2,1H3/t15-/m1/s1. The van der Waals surface area contributed by atoms with Crippen molar-refractivity contribution in [1.82, 2.24) is 4.90 Å². The maximum atomic E-state index is 12.9. The molecule has 0 aromatic heterocycles. The number of para-hydroxylation sites is 1. The number of amides is 1. The van der Waals surface area contributed by atoms with Crippen LogP contribution in [-0.4, -0.2) is 35.7 Å². The number of carbonyl (C=O) groups excluding carboxylic acids is 1. The maximum absolute atomic E-state index is 12.9. The van der Waals surface area contributed by atoms with E-state index in [1.807, 2.05) is 16.7 Å². The molecule has 1 amide bonds. The van der Waals surface area contributed by atoms with Crippen LogP contribution < -0.4 is 4.90 Å². The number of fused-ring (bicyclic) bond motifs is 2. The van der Waals surface area contributed by atoms with Gasteiger partial charge in [0.05, 0.1) is 12.2 Å². The average Bonchev–Trinajstić information content (AvgIpc) is 2.61. The molecule has 2 aromatic carbocycles. The summed E-state index contributed by atoms with van der Waals surface area (Å²) < 4.78 is 0. The Morgan fingerprint density at radius 3 is 2.75 bits per heavy atom. The van der Waals surface area contributed by atoms with Crippen molar-refractivity contribution in [3.05, 3.63) is 59.7 Å². The number of nitrogens with zero attached hydrogens (tertiary/aromatic N) is 2. The highest BCUT2D eigenvalue weighted by Gasteiger charge is 2.27. The van der Waals surface area contributed by atoms with Gasteiger partial charge in [-0.3, -0.25) is 4.79 Å². The molecule has 2 aromatic rings. The smallest absolute Gasteiger partial charge is 0.242 e. The van der Waals surface area contributed by atoms with E-state index in [0.717, 1.165) is 26.1 Å². The molecule has 2 heterocycles. The van der Waals surface area contributed by atoms with Crippen LogP contribution in [-0.2, 0) is 17.8 Å². The van der Waals surface area contributed by atoms with Crippen LogP contribution in [0.15, 0.2) is 53.4 Å². The van der Waals surface area contributed by atoms with Crippen LogP contribution in [0.4, 0.5) is 5.69 Å². The molecule has 0 aliphatic carbocycles. The summed E-state index contributed by atoms with van der Waals surface area (Å²) >= 11 is 1.90. The van der Waals surface area contributed by atoms with Crippen LogP contribution >= 0.6 is 11.8 Å². The lowest BCUT2D eigenvalue weighted by molar-refractivity contribution is -0.130. The zero-order chi connectivity index (χ0) is 16.5. The third-order valence-electron chi connectivity index (χ3n) is 4.82. The largest absolute Gasteiger partial charge is 0.360 e. The van der Waals surface area contributed by atoms with Gasteiger partial charge in [-0.15, -0.1) is 11.8 Å². The minimum atomic E-state index is 0.235. The first-order chi connectivity index (χ1) is 11.7. The lowest BCUT2D eigenvalue weighted by atomic mass is 10.00. The zero-order valence-electron chi connectivity index (χ0n) is 13.9. The molecule has 2 aliphatic rings. The first-order valence-corrected chi connectivity index (χ1v) is 9.44. The number of thioether (sulfide) groups is 1. The summed E-state index contributed by atoms with van der Waals surface area (Å²) in [6.07, 6.45) is 0.963. The fraction of sp³-hybridized carbons (Fsp3) is 0.350. The third-order valence-corrected chi connectivity index (χ3v) is 5.97. The summed E-state index contributed by atoms with van der Waals surface area (Å²) in [7, 11) is 0. The number of hydrogen-bond acceptors (Lipinski definition) is 3. The number of rotatable bonds is 2. The molecule has 0 saturated carbocycles. The van der Waals surface area contributed by atoms with Crippen molar-refractivity contribution < 1.29 is 4.79 Å². The van der Waals surface area contributed by atoms with E-state index in [-0.39, 0.29) is 5.91 Å². The third kappa shape index (κ3) is 3.03. The van der Waals surface area contributed by atoms with Gasteiger partial charge >= 0.3 is 0 Å². The molecule has 0 unspecified atom stereocenters. The Hall–Kier alpha value is -1.94. The minimum Gasteiger partial charge on any atom is -0.360 e. The molecular formula is C20H22N2OS. The number of benzene rings is 2. The van der Waals surface area contributed by atoms with Gasteiger partial charge in [-0.05, 0) is 29.7 Å². The molecule has 4 heteroatoms. The van der Waals surface area contributed by atoms with Crippen LogP contribution in [0.3, 0.4) is 0 Å². The van der Waals surface area contributed by atoms with Crippen LogP contribution in [0.1, 0.15) is 18.1 Å². The van der Waals surface area contributed by atoms with Gasteiger partial charge in [0.2, 0.25) is 5.91 Å². The van der Waals surface area contributed by atoms with Crippen molar-refractivity contribution in [2.24, 2.45) is 0 Å². The SMILES string of the molecule is C[C@@H]1CN(CC(=O)N2CCc3ccccc3C2)c2ccccc2S1. The van der Waals surface area contributed by atoms with Gasteiger partial charge in [0.15, 0.2) is 0 Å².